The third-order valence-electron chi connectivity index (χ3n) is 2.81. The molecule has 0 saturated heterocycles. The lowest BCUT2D eigenvalue weighted by Gasteiger charge is -2.13. The monoisotopic (exact) mass is 243 g/mol. The lowest BCUT2D eigenvalue weighted by atomic mass is 10.2. The van der Waals surface area contributed by atoms with Crippen LogP contribution in [-0.4, -0.2) is 37.1 Å². The van der Waals surface area contributed by atoms with Gasteiger partial charge in [0.2, 0.25) is 11.8 Å². The van der Waals surface area contributed by atoms with Crippen LogP contribution >= 0.6 is 0 Å². The average molecular weight is 243 g/mol. The van der Waals surface area contributed by atoms with E-state index in [4.69, 9.17) is 16.2 Å². The van der Waals surface area contributed by atoms with Gasteiger partial charge in [-0.05, 0) is 12.8 Å². The second-order valence-electron chi connectivity index (χ2n) is 4.35. The van der Waals surface area contributed by atoms with Gasteiger partial charge in [-0.15, -0.1) is 0 Å². The quantitative estimate of drug-likeness (QED) is 0.512. The molecule has 0 aliphatic heterocycles. The number of primary amides is 1. The number of carbonyl (C=O) groups is 2. The third-order valence-corrected chi connectivity index (χ3v) is 2.81. The van der Waals surface area contributed by atoms with Gasteiger partial charge in [-0.3, -0.25) is 9.59 Å². The minimum Gasteiger partial charge on any atom is -0.376 e. The molecule has 17 heavy (non-hydrogen) atoms. The molecule has 0 spiro atoms. The molecule has 98 valence electrons. The summed E-state index contributed by atoms with van der Waals surface area (Å²) in [4.78, 5) is 21.9. The van der Waals surface area contributed by atoms with E-state index in [1.165, 1.54) is 12.8 Å². The van der Waals surface area contributed by atoms with Crippen molar-refractivity contribution in [2.75, 3.05) is 13.2 Å². The van der Waals surface area contributed by atoms with E-state index in [2.05, 4.69) is 5.32 Å². The standard InChI is InChI=1S/C11H21N3O3/c12-9(7-10(13)15)11(16)14-5-6-17-8-3-1-2-4-8/h8-9H,1-7,12H2,(H2,13,15)(H,14,16). The average Bonchev–Trinajstić information content (AvgIpc) is 2.75. The lowest BCUT2D eigenvalue weighted by Crippen LogP contribution is -2.44. The van der Waals surface area contributed by atoms with Crippen LogP contribution in [0.25, 0.3) is 0 Å². The Hall–Kier alpha value is -1.14. The Morgan fingerprint density at radius 3 is 2.59 bits per heavy atom. The van der Waals surface area contributed by atoms with E-state index in [1.807, 2.05) is 0 Å². The van der Waals surface area contributed by atoms with E-state index >= 15 is 0 Å². The Bertz CT molecular complexity index is 265. The van der Waals surface area contributed by atoms with Crippen molar-refractivity contribution in [1.82, 2.24) is 5.32 Å². The molecule has 0 bridgehead atoms. The fourth-order valence-electron chi connectivity index (χ4n) is 1.90. The van der Waals surface area contributed by atoms with Gasteiger partial charge in [-0.2, -0.15) is 0 Å². The van der Waals surface area contributed by atoms with Crippen molar-refractivity contribution in [3.63, 3.8) is 0 Å². The van der Waals surface area contributed by atoms with Gasteiger partial charge >= 0.3 is 0 Å². The first-order chi connectivity index (χ1) is 8.09. The Kier molecular flexibility index (Phi) is 5.93. The van der Waals surface area contributed by atoms with E-state index < -0.39 is 11.9 Å². The highest BCUT2D eigenvalue weighted by atomic mass is 16.5. The molecule has 0 aromatic rings. The number of amides is 2. The normalized spacial score (nSPS) is 17.9. The van der Waals surface area contributed by atoms with Crippen LogP contribution in [0.3, 0.4) is 0 Å². The topological polar surface area (TPSA) is 107 Å². The molecule has 1 rings (SSSR count). The molecule has 1 aliphatic carbocycles. The first-order valence-corrected chi connectivity index (χ1v) is 6.03. The van der Waals surface area contributed by atoms with Crippen LogP contribution < -0.4 is 16.8 Å². The van der Waals surface area contributed by atoms with E-state index in [1.54, 1.807) is 0 Å². The summed E-state index contributed by atoms with van der Waals surface area (Å²) in [7, 11) is 0. The zero-order valence-corrected chi connectivity index (χ0v) is 9.98. The summed E-state index contributed by atoms with van der Waals surface area (Å²) in [5.74, 6) is -0.936. The summed E-state index contributed by atoms with van der Waals surface area (Å²) >= 11 is 0. The fourth-order valence-corrected chi connectivity index (χ4v) is 1.90. The molecular formula is C11H21N3O3. The number of hydrogen-bond acceptors (Lipinski definition) is 4. The van der Waals surface area contributed by atoms with Gasteiger partial charge in [0.1, 0.15) is 0 Å². The van der Waals surface area contributed by atoms with Crippen molar-refractivity contribution in [3.05, 3.63) is 0 Å². The molecule has 6 heteroatoms. The maximum atomic E-state index is 11.4. The van der Waals surface area contributed by atoms with Crippen molar-refractivity contribution < 1.29 is 14.3 Å². The molecule has 1 aliphatic rings. The summed E-state index contributed by atoms with van der Waals surface area (Å²) in [6.45, 7) is 0.904. The van der Waals surface area contributed by atoms with Gasteiger partial charge in [0.25, 0.3) is 0 Å². The van der Waals surface area contributed by atoms with Crippen molar-refractivity contribution in [1.29, 1.82) is 0 Å². The molecule has 1 atom stereocenters. The van der Waals surface area contributed by atoms with Gasteiger partial charge in [-0.25, -0.2) is 0 Å². The summed E-state index contributed by atoms with van der Waals surface area (Å²) in [5.41, 5.74) is 10.4. The van der Waals surface area contributed by atoms with Crippen LogP contribution in [0.2, 0.25) is 0 Å². The summed E-state index contributed by atoms with van der Waals surface area (Å²) in [6, 6.07) is -0.862. The molecule has 6 nitrogen and oxygen atoms in total. The first kappa shape index (κ1) is 13.9. The molecular weight excluding hydrogens is 222 g/mol. The van der Waals surface area contributed by atoms with E-state index in [0.29, 0.717) is 19.3 Å². The minimum absolute atomic E-state index is 0.130. The van der Waals surface area contributed by atoms with Gasteiger partial charge in [0.05, 0.1) is 25.2 Å². The Morgan fingerprint density at radius 1 is 1.35 bits per heavy atom. The number of nitrogens with two attached hydrogens (primary N) is 2. The number of carbonyl (C=O) groups excluding carboxylic acids is 2. The molecule has 0 heterocycles. The van der Waals surface area contributed by atoms with Crippen LogP contribution in [0, 0.1) is 0 Å². The molecule has 0 aromatic heterocycles. The van der Waals surface area contributed by atoms with Gasteiger partial charge in [0, 0.05) is 6.54 Å². The Labute approximate surface area is 101 Å². The largest absolute Gasteiger partial charge is 0.376 e. The number of rotatable bonds is 7. The highest BCUT2D eigenvalue weighted by Crippen LogP contribution is 2.20. The second-order valence-corrected chi connectivity index (χ2v) is 4.35. The van der Waals surface area contributed by atoms with Gasteiger partial charge < -0.3 is 21.5 Å². The minimum atomic E-state index is -0.862. The van der Waals surface area contributed by atoms with Crippen LogP contribution in [0.15, 0.2) is 0 Å². The van der Waals surface area contributed by atoms with Crippen LogP contribution in [0.1, 0.15) is 32.1 Å². The number of nitrogens with one attached hydrogen (secondary N) is 1. The van der Waals surface area contributed by atoms with Crippen molar-refractivity contribution in [2.45, 2.75) is 44.2 Å². The first-order valence-electron chi connectivity index (χ1n) is 6.03. The molecule has 0 aromatic carbocycles. The maximum Gasteiger partial charge on any atom is 0.237 e. The summed E-state index contributed by atoms with van der Waals surface area (Å²) in [6.07, 6.45) is 4.87. The highest BCUT2D eigenvalue weighted by molar-refractivity contribution is 5.87. The summed E-state index contributed by atoms with van der Waals surface area (Å²) in [5, 5.41) is 2.62. The Morgan fingerprint density at radius 2 is 2.00 bits per heavy atom. The third kappa shape index (κ3) is 5.65. The smallest absolute Gasteiger partial charge is 0.237 e. The molecule has 0 radical (unpaired) electrons. The molecule has 1 unspecified atom stereocenters. The molecule has 1 fully saturated rings. The van der Waals surface area contributed by atoms with Crippen LogP contribution in [0.4, 0.5) is 0 Å². The SMILES string of the molecule is NC(=O)CC(N)C(=O)NCCOC1CCCC1. The fraction of sp³-hybridized carbons (Fsp3) is 0.818. The molecule has 5 N–H and O–H groups in total. The zero-order valence-electron chi connectivity index (χ0n) is 9.98. The van der Waals surface area contributed by atoms with E-state index in [9.17, 15) is 9.59 Å². The maximum absolute atomic E-state index is 11.4. The van der Waals surface area contributed by atoms with Crippen molar-refractivity contribution in [2.24, 2.45) is 11.5 Å². The predicted octanol–water partition coefficient (Wildman–Crippen LogP) is -0.735. The van der Waals surface area contributed by atoms with E-state index in [-0.39, 0.29) is 12.3 Å². The molecule has 2 amide bonds. The lowest BCUT2D eigenvalue weighted by molar-refractivity contribution is -0.126. The van der Waals surface area contributed by atoms with Gasteiger partial charge in [0.15, 0.2) is 0 Å². The highest BCUT2D eigenvalue weighted by Gasteiger charge is 2.17. The van der Waals surface area contributed by atoms with Crippen LogP contribution in [-0.2, 0) is 14.3 Å². The van der Waals surface area contributed by atoms with Crippen LogP contribution in [0.5, 0.6) is 0 Å². The molecule has 1 saturated carbocycles. The number of ether oxygens (including phenoxy) is 1. The zero-order chi connectivity index (χ0) is 12.7. The second kappa shape index (κ2) is 7.24. The predicted molar refractivity (Wildman–Crippen MR) is 63.0 cm³/mol. The van der Waals surface area contributed by atoms with Crippen molar-refractivity contribution in [3.8, 4) is 0 Å². The number of hydrogen-bond donors (Lipinski definition) is 3. The summed E-state index contributed by atoms with van der Waals surface area (Å²) < 4.78 is 5.57. The Balaban J connectivity index is 2.04. The van der Waals surface area contributed by atoms with Gasteiger partial charge in [-0.1, -0.05) is 12.8 Å². The van der Waals surface area contributed by atoms with E-state index in [0.717, 1.165) is 12.8 Å². The van der Waals surface area contributed by atoms with Crippen molar-refractivity contribution >= 4 is 11.8 Å².